The molecular weight excluding hydrogens is 275 g/mol. The second-order valence-electron chi connectivity index (χ2n) is 5.75. The number of carbonyl (C=O) groups is 1. The maximum atomic E-state index is 13.4. The van der Waals surface area contributed by atoms with Crippen LogP contribution < -0.4 is 4.74 Å². The van der Waals surface area contributed by atoms with Crippen LogP contribution in [0.25, 0.3) is 0 Å². The molecular formula is C15H21FN2O3. The van der Waals surface area contributed by atoms with Crippen LogP contribution in [0.1, 0.15) is 6.42 Å². The minimum atomic E-state index is -0.878. The van der Waals surface area contributed by atoms with E-state index in [1.165, 1.54) is 12.1 Å². The van der Waals surface area contributed by atoms with Gasteiger partial charge in [0.1, 0.15) is 0 Å². The van der Waals surface area contributed by atoms with Gasteiger partial charge in [-0.15, -0.1) is 0 Å². The molecule has 0 bridgehead atoms. The lowest BCUT2D eigenvalue weighted by Gasteiger charge is -2.26. The summed E-state index contributed by atoms with van der Waals surface area (Å²) in [5.41, 5.74) is -0.878. The van der Waals surface area contributed by atoms with Crippen molar-refractivity contribution in [3.63, 3.8) is 0 Å². The number of likely N-dealkylation sites (N-methyl/N-ethyl adjacent to an activating group) is 1. The number of β-amino-alcohol motifs (C(OH)–C–C–N with tert-alkyl or cyclic N) is 1. The van der Waals surface area contributed by atoms with Crippen molar-refractivity contribution in [3.05, 3.63) is 30.1 Å². The van der Waals surface area contributed by atoms with Crippen molar-refractivity contribution >= 4 is 5.91 Å². The van der Waals surface area contributed by atoms with Crippen LogP contribution >= 0.6 is 0 Å². The lowest BCUT2D eigenvalue weighted by molar-refractivity contribution is -0.133. The zero-order valence-corrected chi connectivity index (χ0v) is 12.4. The number of benzene rings is 1. The van der Waals surface area contributed by atoms with E-state index < -0.39 is 11.4 Å². The summed E-state index contributed by atoms with van der Waals surface area (Å²) < 4.78 is 18.6. The van der Waals surface area contributed by atoms with Gasteiger partial charge in [-0.25, -0.2) is 4.39 Å². The first-order chi connectivity index (χ1) is 9.89. The van der Waals surface area contributed by atoms with Gasteiger partial charge in [0.2, 0.25) is 0 Å². The Balaban J connectivity index is 1.86. The third-order valence-electron chi connectivity index (χ3n) is 3.48. The molecule has 0 aliphatic carbocycles. The van der Waals surface area contributed by atoms with Gasteiger partial charge in [0, 0.05) is 13.1 Å². The Bertz CT molecular complexity index is 509. The van der Waals surface area contributed by atoms with E-state index in [2.05, 4.69) is 0 Å². The topological polar surface area (TPSA) is 53.0 Å². The van der Waals surface area contributed by atoms with Crippen LogP contribution in [0.4, 0.5) is 4.39 Å². The van der Waals surface area contributed by atoms with Crippen LogP contribution in [0.2, 0.25) is 0 Å². The molecule has 1 aliphatic rings. The summed E-state index contributed by atoms with van der Waals surface area (Å²) in [6, 6.07) is 5.97. The standard InChI is InChI=1S/C15H21FN2O3/c1-17(2)10-15(20)7-8-18(11-15)14(19)9-21-13-6-4-3-5-12(13)16/h3-6,20H,7-11H2,1-2H3. The number of carbonyl (C=O) groups excluding carboxylic acids is 1. The summed E-state index contributed by atoms with van der Waals surface area (Å²) in [6.07, 6.45) is 0.538. The van der Waals surface area contributed by atoms with Gasteiger partial charge in [0.05, 0.1) is 12.1 Å². The molecule has 0 saturated carbocycles. The van der Waals surface area contributed by atoms with Crippen LogP contribution in [0, 0.1) is 5.82 Å². The van der Waals surface area contributed by atoms with Crippen molar-refractivity contribution in [2.24, 2.45) is 0 Å². The average Bonchev–Trinajstić information content (AvgIpc) is 2.79. The summed E-state index contributed by atoms with van der Waals surface area (Å²) in [6.45, 7) is 1.05. The summed E-state index contributed by atoms with van der Waals surface area (Å²) >= 11 is 0. The predicted molar refractivity (Wildman–Crippen MR) is 76.6 cm³/mol. The molecule has 2 rings (SSSR count). The van der Waals surface area contributed by atoms with E-state index in [0.717, 1.165) is 0 Å². The lowest BCUT2D eigenvalue weighted by atomic mass is 10.0. The highest BCUT2D eigenvalue weighted by Crippen LogP contribution is 2.22. The Morgan fingerprint density at radius 3 is 2.86 bits per heavy atom. The first-order valence-electron chi connectivity index (χ1n) is 6.92. The number of aliphatic hydroxyl groups is 1. The molecule has 0 spiro atoms. The number of amides is 1. The second kappa shape index (κ2) is 6.41. The number of hydrogen-bond acceptors (Lipinski definition) is 4. The normalized spacial score (nSPS) is 21.9. The van der Waals surface area contributed by atoms with Crippen molar-refractivity contribution in [3.8, 4) is 5.75 Å². The van der Waals surface area contributed by atoms with Crippen molar-refractivity contribution in [1.29, 1.82) is 0 Å². The molecule has 1 aromatic carbocycles. The highest BCUT2D eigenvalue weighted by atomic mass is 19.1. The highest BCUT2D eigenvalue weighted by molar-refractivity contribution is 5.78. The summed E-state index contributed by atoms with van der Waals surface area (Å²) in [5.74, 6) is -0.669. The molecule has 1 amide bonds. The van der Waals surface area contributed by atoms with E-state index in [-0.39, 0.29) is 24.8 Å². The minimum Gasteiger partial charge on any atom is -0.481 e. The molecule has 5 nitrogen and oxygen atoms in total. The minimum absolute atomic E-state index is 0.0635. The van der Waals surface area contributed by atoms with Gasteiger partial charge in [0.25, 0.3) is 5.91 Å². The Hall–Kier alpha value is -1.66. The number of halogens is 1. The number of rotatable bonds is 5. The van der Waals surface area contributed by atoms with Crippen LogP contribution in [0.15, 0.2) is 24.3 Å². The van der Waals surface area contributed by atoms with Gasteiger partial charge in [0.15, 0.2) is 18.2 Å². The van der Waals surface area contributed by atoms with Gasteiger partial charge in [-0.2, -0.15) is 0 Å². The fourth-order valence-electron chi connectivity index (χ4n) is 2.58. The van der Waals surface area contributed by atoms with Gasteiger partial charge in [-0.3, -0.25) is 4.79 Å². The summed E-state index contributed by atoms with van der Waals surface area (Å²) in [4.78, 5) is 15.5. The number of ether oxygens (including phenoxy) is 1. The van der Waals surface area contributed by atoms with Gasteiger partial charge in [-0.05, 0) is 32.6 Å². The Morgan fingerprint density at radius 1 is 1.48 bits per heavy atom. The maximum Gasteiger partial charge on any atom is 0.260 e. The highest BCUT2D eigenvalue weighted by Gasteiger charge is 2.38. The quantitative estimate of drug-likeness (QED) is 0.870. The summed E-state index contributed by atoms with van der Waals surface area (Å²) in [7, 11) is 3.76. The second-order valence-corrected chi connectivity index (χ2v) is 5.75. The number of para-hydroxylation sites is 1. The SMILES string of the molecule is CN(C)CC1(O)CCN(C(=O)COc2ccccc2F)C1. The molecule has 1 saturated heterocycles. The molecule has 6 heteroatoms. The van der Waals surface area contributed by atoms with E-state index in [4.69, 9.17) is 4.74 Å². The Labute approximate surface area is 123 Å². The van der Waals surface area contributed by atoms with Crippen molar-refractivity contribution in [1.82, 2.24) is 9.80 Å². The van der Waals surface area contributed by atoms with Crippen LogP contribution in [0.5, 0.6) is 5.75 Å². The van der Waals surface area contributed by atoms with E-state index in [9.17, 15) is 14.3 Å². The monoisotopic (exact) mass is 296 g/mol. The number of hydrogen-bond donors (Lipinski definition) is 1. The number of likely N-dealkylation sites (tertiary alicyclic amines) is 1. The van der Waals surface area contributed by atoms with Crippen LogP contribution in [-0.2, 0) is 4.79 Å². The molecule has 1 aromatic rings. The third-order valence-corrected chi connectivity index (χ3v) is 3.48. The zero-order valence-electron chi connectivity index (χ0n) is 12.4. The molecule has 1 N–H and O–H groups in total. The molecule has 0 aromatic heterocycles. The first-order valence-corrected chi connectivity index (χ1v) is 6.92. The molecule has 1 fully saturated rings. The zero-order chi connectivity index (χ0) is 15.5. The van der Waals surface area contributed by atoms with Gasteiger partial charge >= 0.3 is 0 Å². The van der Waals surface area contributed by atoms with E-state index >= 15 is 0 Å². The molecule has 1 atom stereocenters. The molecule has 1 unspecified atom stereocenters. The Kier molecular flexibility index (Phi) is 4.80. The van der Waals surface area contributed by atoms with Crippen LogP contribution in [0.3, 0.4) is 0 Å². The third kappa shape index (κ3) is 4.15. The van der Waals surface area contributed by atoms with Crippen molar-refractivity contribution in [2.45, 2.75) is 12.0 Å². The fourth-order valence-corrected chi connectivity index (χ4v) is 2.58. The summed E-state index contributed by atoms with van der Waals surface area (Å²) in [5, 5.41) is 10.4. The smallest absolute Gasteiger partial charge is 0.260 e. The molecule has 21 heavy (non-hydrogen) atoms. The Morgan fingerprint density at radius 2 is 2.19 bits per heavy atom. The number of nitrogens with zero attached hydrogens (tertiary/aromatic N) is 2. The lowest BCUT2D eigenvalue weighted by Crippen LogP contribution is -2.44. The maximum absolute atomic E-state index is 13.4. The van der Waals surface area contributed by atoms with Crippen molar-refractivity contribution in [2.75, 3.05) is 40.3 Å². The largest absolute Gasteiger partial charge is 0.481 e. The van der Waals surface area contributed by atoms with E-state index in [0.29, 0.717) is 19.5 Å². The molecule has 1 aliphatic heterocycles. The molecule has 0 radical (unpaired) electrons. The first kappa shape index (κ1) is 15.7. The van der Waals surface area contributed by atoms with Crippen molar-refractivity contribution < 1.29 is 19.0 Å². The fraction of sp³-hybridized carbons (Fsp3) is 0.533. The van der Waals surface area contributed by atoms with Gasteiger partial charge < -0.3 is 19.6 Å². The van der Waals surface area contributed by atoms with Crippen LogP contribution in [-0.4, -0.2) is 66.8 Å². The molecule has 1 heterocycles. The predicted octanol–water partition coefficient (Wildman–Crippen LogP) is 0.729. The molecule has 116 valence electrons. The average molecular weight is 296 g/mol. The van der Waals surface area contributed by atoms with E-state index in [1.54, 1.807) is 17.0 Å². The van der Waals surface area contributed by atoms with E-state index in [1.807, 2.05) is 19.0 Å². The van der Waals surface area contributed by atoms with Gasteiger partial charge in [-0.1, -0.05) is 12.1 Å².